The molecule has 3 N–H and O–H groups in total. The molecule has 1 aromatic rings. The Morgan fingerprint density at radius 2 is 2.27 bits per heavy atom. The number of nitrogen functional groups attached to an aromatic ring is 1. The van der Waals surface area contributed by atoms with Gasteiger partial charge in [-0.2, -0.15) is 18.3 Å². The van der Waals surface area contributed by atoms with E-state index in [1.54, 1.807) is 0 Å². The summed E-state index contributed by atoms with van der Waals surface area (Å²) in [5.41, 5.74) is 5.03. The number of amides is 1. The molecule has 0 atom stereocenters. The van der Waals surface area contributed by atoms with Crippen molar-refractivity contribution in [3.8, 4) is 0 Å². The average molecular weight is 222 g/mol. The van der Waals surface area contributed by atoms with Gasteiger partial charge in [0.15, 0.2) is 5.69 Å². The van der Waals surface area contributed by atoms with Gasteiger partial charge in [0.25, 0.3) is 5.91 Å². The van der Waals surface area contributed by atoms with Crippen LogP contribution in [-0.4, -0.2) is 28.9 Å². The van der Waals surface area contributed by atoms with Crippen LogP contribution in [0.3, 0.4) is 0 Å². The van der Waals surface area contributed by atoms with Crippen LogP contribution >= 0.6 is 0 Å². The molecule has 0 radical (unpaired) electrons. The van der Waals surface area contributed by atoms with Crippen molar-refractivity contribution in [3.05, 3.63) is 11.9 Å². The number of nitrogens with one attached hydrogen (secondary N) is 1. The number of carbonyl (C=O) groups excluding carboxylic acids is 1. The van der Waals surface area contributed by atoms with Crippen molar-refractivity contribution in [2.45, 2.75) is 12.7 Å². The lowest BCUT2D eigenvalue weighted by atomic mass is 10.3. The first kappa shape index (κ1) is 11.3. The third-order valence-electron chi connectivity index (χ3n) is 1.57. The Morgan fingerprint density at radius 3 is 2.73 bits per heavy atom. The molecular weight excluding hydrogens is 213 g/mol. The minimum absolute atomic E-state index is 0.0846. The highest BCUT2D eigenvalue weighted by Gasteiger charge is 2.29. The molecule has 84 valence electrons. The summed E-state index contributed by atoms with van der Waals surface area (Å²) in [5, 5.41) is 5.65. The number of alkyl halides is 3. The second-order valence-corrected chi connectivity index (χ2v) is 2.82. The Labute approximate surface area is 83.0 Å². The van der Waals surface area contributed by atoms with Gasteiger partial charge in [0.2, 0.25) is 0 Å². The van der Waals surface area contributed by atoms with Crippen LogP contribution in [-0.2, 0) is 6.54 Å². The number of carbonyl (C=O) groups is 1. The van der Waals surface area contributed by atoms with Crippen LogP contribution in [0, 0.1) is 0 Å². The Balaban J connectivity index is 2.91. The first-order chi connectivity index (χ1) is 6.83. The van der Waals surface area contributed by atoms with Gasteiger partial charge < -0.3 is 11.1 Å². The topological polar surface area (TPSA) is 72.9 Å². The highest BCUT2D eigenvalue weighted by atomic mass is 19.4. The van der Waals surface area contributed by atoms with Crippen molar-refractivity contribution in [1.29, 1.82) is 0 Å². The summed E-state index contributed by atoms with van der Waals surface area (Å²) < 4.78 is 36.5. The normalized spacial score (nSPS) is 11.5. The standard InChI is InChI=1S/C7H9F3N4O/c1-12-6(15)5-4(11)2-14(13-5)3-7(8,9)10/h2H,3,11H2,1H3,(H,12,15). The number of aromatic nitrogens is 2. The maximum absolute atomic E-state index is 12.0. The van der Waals surface area contributed by atoms with Crippen molar-refractivity contribution in [1.82, 2.24) is 15.1 Å². The summed E-state index contributed by atoms with van der Waals surface area (Å²) in [7, 11) is 1.34. The zero-order valence-corrected chi connectivity index (χ0v) is 7.80. The smallest absolute Gasteiger partial charge is 0.396 e. The maximum atomic E-state index is 12.0. The van der Waals surface area contributed by atoms with Gasteiger partial charge in [-0.25, -0.2) is 0 Å². The van der Waals surface area contributed by atoms with Gasteiger partial charge in [0.1, 0.15) is 6.54 Å². The van der Waals surface area contributed by atoms with E-state index >= 15 is 0 Å². The summed E-state index contributed by atoms with van der Waals surface area (Å²) in [6, 6.07) is 0. The van der Waals surface area contributed by atoms with Gasteiger partial charge in [-0.05, 0) is 0 Å². The van der Waals surface area contributed by atoms with Crippen LogP contribution in [0.1, 0.15) is 10.5 Å². The van der Waals surface area contributed by atoms with Crippen molar-refractivity contribution in [3.63, 3.8) is 0 Å². The monoisotopic (exact) mass is 222 g/mol. The molecule has 0 saturated carbocycles. The van der Waals surface area contributed by atoms with E-state index in [1.807, 2.05) is 0 Å². The van der Waals surface area contributed by atoms with Gasteiger partial charge >= 0.3 is 6.18 Å². The highest BCUT2D eigenvalue weighted by Crippen LogP contribution is 2.18. The molecule has 8 heteroatoms. The van der Waals surface area contributed by atoms with E-state index < -0.39 is 18.6 Å². The lowest BCUT2D eigenvalue weighted by Crippen LogP contribution is -2.21. The van der Waals surface area contributed by atoms with Crippen molar-refractivity contribution >= 4 is 11.6 Å². The number of rotatable bonds is 2. The van der Waals surface area contributed by atoms with Crippen LogP contribution in [0.5, 0.6) is 0 Å². The molecule has 0 saturated heterocycles. The molecule has 0 spiro atoms. The predicted molar refractivity (Wildman–Crippen MR) is 46.1 cm³/mol. The van der Waals surface area contributed by atoms with Gasteiger partial charge in [-0.15, -0.1) is 0 Å². The zero-order valence-electron chi connectivity index (χ0n) is 7.80. The Hall–Kier alpha value is -1.73. The van der Waals surface area contributed by atoms with Crippen LogP contribution in [0.25, 0.3) is 0 Å². The lowest BCUT2D eigenvalue weighted by molar-refractivity contribution is -0.142. The average Bonchev–Trinajstić information content (AvgIpc) is 2.42. The second kappa shape index (κ2) is 3.79. The minimum Gasteiger partial charge on any atom is -0.396 e. The van der Waals surface area contributed by atoms with Crippen LogP contribution in [0.4, 0.5) is 18.9 Å². The van der Waals surface area contributed by atoms with E-state index in [0.29, 0.717) is 4.68 Å². The molecule has 0 fully saturated rings. The minimum atomic E-state index is -4.39. The van der Waals surface area contributed by atoms with E-state index in [1.165, 1.54) is 7.05 Å². The zero-order chi connectivity index (χ0) is 11.6. The number of hydrogen-bond acceptors (Lipinski definition) is 3. The molecule has 5 nitrogen and oxygen atoms in total. The number of nitrogens with zero attached hydrogens (tertiary/aromatic N) is 2. The molecule has 1 aromatic heterocycles. The summed E-state index contributed by atoms with van der Waals surface area (Å²) in [6.07, 6.45) is -3.42. The Morgan fingerprint density at radius 1 is 1.67 bits per heavy atom. The van der Waals surface area contributed by atoms with Gasteiger partial charge in [-0.3, -0.25) is 9.48 Å². The van der Waals surface area contributed by atoms with E-state index in [-0.39, 0.29) is 11.4 Å². The van der Waals surface area contributed by atoms with Gasteiger partial charge in [0.05, 0.1) is 5.69 Å². The van der Waals surface area contributed by atoms with E-state index in [0.717, 1.165) is 6.20 Å². The van der Waals surface area contributed by atoms with Crippen LogP contribution in [0.2, 0.25) is 0 Å². The molecule has 0 aliphatic heterocycles. The largest absolute Gasteiger partial charge is 0.408 e. The van der Waals surface area contributed by atoms with Gasteiger partial charge in [-0.1, -0.05) is 0 Å². The molecule has 0 aromatic carbocycles. The van der Waals surface area contributed by atoms with Crippen molar-refractivity contribution in [2.75, 3.05) is 12.8 Å². The van der Waals surface area contributed by atoms with E-state index in [4.69, 9.17) is 5.73 Å². The Bertz CT molecular complexity index is 371. The van der Waals surface area contributed by atoms with Crippen LogP contribution < -0.4 is 11.1 Å². The quantitative estimate of drug-likeness (QED) is 0.760. The van der Waals surface area contributed by atoms with E-state index in [9.17, 15) is 18.0 Å². The first-order valence-corrected chi connectivity index (χ1v) is 3.95. The lowest BCUT2D eigenvalue weighted by Gasteiger charge is -2.04. The molecule has 0 unspecified atom stereocenters. The number of nitrogens with two attached hydrogens (primary N) is 1. The number of anilines is 1. The molecule has 15 heavy (non-hydrogen) atoms. The Kier molecular flexibility index (Phi) is 2.87. The fourth-order valence-electron chi connectivity index (χ4n) is 0.996. The number of hydrogen-bond donors (Lipinski definition) is 2. The van der Waals surface area contributed by atoms with Crippen molar-refractivity contribution in [2.24, 2.45) is 0 Å². The molecule has 1 heterocycles. The fraction of sp³-hybridized carbons (Fsp3) is 0.429. The summed E-state index contributed by atoms with van der Waals surface area (Å²) in [6.45, 7) is -1.27. The predicted octanol–water partition coefficient (Wildman–Crippen LogP) is 0.387. The summed E-state index contributed by atoms with van der Waals surface area (Å²) >= 11 is 0. The van der Waals surface area contributed by atoms with Gasteiger partial charge in [0, 0.05) is 13.2 Å². The SMILES string of the molecule is CNC(=O)c1nn(CC(F)(F)F)cc1N. The fourth-order valence-corrected chi connectivity index (χ4v) is 0.996. The first-order valence-electron chi connectivity index (χ1n) is 3.95. The second-order valence-electron chi connectivity index (χ2n) is 2.82. The molecule has 0 aliphatic rings. The summed E-state index contributed by atoms with van der Waals surface area (Å²) in [4.78, 5) is 11.1. The number of halogens is 3. The van der Waals surface area contributed by atoms with E-state index in [2.05, 4.69) is 10.4 Å². The molecule has 0 aliphatic carbocycles. The molecule has 1 rings (SSSR count). The van der Waals surface area contributed by atoms with Crippen molar-refractivity contribution < 1.29 is 18.0 Å². The molecule has 1 amide bonds. The third-order valence-corrected chi connectivity index (χ3v) is 1.57. The highest BCUT2D eigenvalue weighted by molar-refractivity contribution is 5.96. The molecular formula is C7H9F3N4O. The molecule has 0 bridgehead atoms. The van der Waals surface area contributed by atoms with Crippen LogP contribution in [0.15, 0.2) is 6.20 Å². The third kappa shape index (κ3) is 2.86. The summed E-state index contributed by atoms with van der Waals surface area (Å²) in [5.74, 6) is -0.617. The maximum Gasteiger partial charge on any atom is 0.408 e.